The smallest absolute Gasteiger partial charge is 0.344 e. The van der Waals surface area contributed by atoms with Gasteiger partial charge in [0.15, 0.2) is 0 Å². The third-order valence-corrected chi connectivity index (χ3v) is 5.53. The monoisotopic (exact) mass is 408 g/mol. The van der Waals surface area contributed by atoms with Crippen molar-refractivity contribution in [1.29, 1.82) is 0 Å². The minimum Gasteiger partial charge on any atom is -0.362 e. The molecule has 158 valence electrons. The zero-order valence-electron chi connectivity index (χ0n) is 17.9. The van der Waals surface area contributed by atoms with Crippen molar-refractivity contribution in [2.24, 2.45) is 0 Å². The molecular weight excluding hydrogens is 380 g/mol. The van der Waals surface area contributed by atoms with Crippen molar-refractivity contribution in [2.75, 3.05) is 18.0 Å². The molecule has 1 saturated heterocycles. The van der Waals surface area contributed by atoms with Crippen LogP contribution in [0.4, 0.5) is 10.5 Å². The number of hydrogen-bond donors (Lipinski definition) is 2. The summed E-state index contributed by atoms with van der Waals surface area (Å²) in [5, 5.41) is 3.56. The quantitative estimate of drug-likeness (QED) is 0.690. The fraction of sp³-hybridized carbons (Fsp3) is 0.348. The van der Waals surface area contributed by atoms with Gasteiger partial charge in [-0.15, -0.1) is 0 Å². The van der Waals surface area contributed by atoms with E-state index in [1.54, 1.807) is 12.1 Å². The van der Waals surface area contributed by atoms with Crippen LogP contribution in [0, 0.1) is 13.8 Å². The topological polar surface area (TPSA) is 81.8 Å². The van der Waals surface area contributed by atoms with E-state index in [1.807, 2.05) is 62.9 Å². The van der Waals surface area contributed by atoms with Gasteiger partial charge in [0.2, 0.25) is 0 Å². The molecule has 0 saturated carbocycles. The Bertz CT molecular complexity index is 960. The Morgan fingerprint density at radius 1 is 1.10 bits per heavy atom. The van der Waals surface area contributed by atoms with E-state index in [-0.39, 0.29) is 6.54 Å². The van der Waals surface area contributed by atoms with Crippen molar-refractivity contribution in [3.8, 4) is 0 Å². The Labute approximate surface area is 177 Å². The molecular formula is C23H28N4O3. The Kier molecular flexibility index (Phi) is 6.10. The van der Waals surface area contributed by atoms with Gasteiger partial charge in [-0.25, -0.2) is 4.79 Å². The number of aryl methyl sites for hydroxylation is 2. The van der Waals surface area contributed by atoms with Crippen molar-refractivity contribution < 1.29 is 14.4 Å². The van der Waals surface area contributed by atoms with E-state index in [2.05, 4.69) is 16.8 Å². The summed E-state index contributed by atoms with van der Waals surface area (Å²) in [6.07, 6.45) is 0.373. The number of amides is 4. The first-order valence-electron chi connectivity index (χ1n) is 10.2. The molecule has 30 heavy (non-hydrogen) atoms. The molecule has 2 aromatic rings. The van der Waals surface area contributed by atoms with Gasteiger partial charge in [0.05, 0.1) is 6.54 Å². The number of benzene rings is 2. The van der Waals surface area contributed by atoms with Crippen molar-refractivity contribution in [3.63, 3.8) is 0 Å². The number of rotatable bonds is 7. The van der Waals surface area contributed by atoms with Crippen molar-refractivity contribution in [3.05, 3.63) is 65.2 Å². The highest BCUT2D eigenvalue weighted by molar-refractivity contribution is 6.08. The summed E-state index contributed by atoms with van der Waals surface area (Å²) in [6.45, 7) is 8.44. The number of hydrazine groups is 1. The maximum absolute atomic E-state index is 13.1. The Morgan fingerprint density at radius 3 is 2.40 bits per heavy atom. The summed E-state index contributed by atoms with van der Waals surface area (Å²) < 4.78 is 0. The van der Waals surface area contributed by atoms with Gasteiger partial charge in [-0.3, -0.25) is 15.0 Å². The van der Waals surface area contributed by atoms with Crippen LogP contribution >= 0.6 is 0 Å². The van der Waals surface area contributed by atoms with E-state index in [0.29, 0.717) is 18.5 Å². The van der Waals surface area contributed by atoms with Crippen LogP contribution in [0.1, 0.15) is 37.0 Å². The van der Waals surface area contributed by atoms with Crippen LogP contribution in [0.25, 0.3) is 0 Å². The summed E-state index contributed by atoms with van der Waals surface area (Å²) >= 11 is 0. The van der Waals surface area contributed by atoms with Gasteiger partial charge < -0.3 is 10.2 Å². The van der Waals surface area contributed by atoms with Gasteiger partial charge in [-0.1, -0.05) is 55.0 Å². The number of urea groups is 1. The zero-order chi connectivity index (χ0) is 21.9. The number of carbonyl (C=O) groups is 3. The van der Waals surface area contributed by atoms with Crippen LogP contribution in [0.3, 0.4) is 0 Å². The molecule has 1 aliphatic rings. The van der Waals surface area contributed by atoms with Gasteiger partial charge in [0, 0.05) is 12.2 Å². The average Bonchev–Trinajstić information content (AvgIpc) is 2.98. The first kappa shape index (κ1) is 21.4. The van der Waals surface area contributed by atoms with Crippen LogP contribution in [-0.2, 0) is 15.1 Å². The second kappa shape index (κ2) is 8.57. The molecule has 1 heterocycles. The standard InChI is InChI=1S/C23H28N4O3/c1-5-23(18-10-8-7-9-11-18)21(29)27(22(30)24-23)25-20(28)15-26(6-2)19-13-12-16(3)14-17(19)4/h7-14H,5-6,15H2,1-4H3,(H,24,30)(H,25,28). The third kappa shape index (κ3) is 3.87. The highest BCUT2D eigenvalue weighted by Crippen LogP contribution is 2.31. The number of anilines is 1. The largest absolute Gasteiger partial charge is 0.362 e. The molecule has 0 bridgehead atoms. The minimum atomic E-state index is -1.18. The van der Waals surface area contributed by atoms with Gasteiger partial charge in [0.25, 0.3) is 11.8 Å². The molecule has 0 aliphatic carbocycles. The lowest BCUT2D eigenvalue weighted by Crippen LogP contribution is -2.51. The lowest BCUT2D eigenvalue weighted by molar-refractivity contribution is -0.139. The molecule has 7 heteroatoms. The van der Waals surface area contributed by atoms with Gasteiger partial charge in [0.1, 0.15) is 5.54 Å². The Hall–Kier alpha value is -3.35. The zero-order valence-corrected chi connectivity index (χ0v) is 17.9. The molecule has 0 aromatic heterocycles. The second-order valence-corrected chi connectivity index (χ2v) is 7.53. The summed E-state index contributed by atoms with van der Waals surface area (Å²) in [6, 6.07) is 14.5. The predicted molar refractivity (Wildman–Crippen MR) is 116 cm³/mol. The molecule has 1 fully saturated rings. The van der Waals surface area contributed by atoms with E-state index in [1.165, 1.54) is 0 Å². The maximum atomic E-state index is 13.1. The van der Waals surface area contributed by atoms with Gasteiger partial charge in [-0.2, -0.15) is 5.01 Å². The summed E-state index contributed by atoms with van der Waals surface area (Å²) in [7, 11) is 0. The van der Waals surface area contributed by atoms with Crippen molar-refractivity contribution >= 4 is 23.5 Å². The summed E-state index contributed by atoms with van der Waals surface area (Å²) in [5.74, 6) is -0.913. The fourth-order valence-electron chi connectivity index (χ4n) is 3.90. The highest BCUT2D eigenvalue weighted by Gasteiger charge is 2.52. The summed E-state index contributed by atoms with van der Waals surface area (Å²) in [4.78, 5) is 40.3. The molecule has 0 spiro atoms. The average molecular weight is 409 g/mol. The number of carbonyl (C=O) groups excluding carboxylic acids is 3. The highest BCUT2D eigenvalue weighted by atomic mass is 16.2. The Balaban J connectivity index is 1.76. The molecule has 2 aromatic carbocycles. The van der Waals surface area contributed by atoms with E-state index in [9.17, 15) is 14.4 Å². The molecule has 7 nitrogen and oxygen atoms in total. The van der Waals surface area contributed by atoms with Gasteiger partial charge in [-0.05, 0) is 44.4 Å². The SMILES string of the molecule is CCN(CC(=O)NN1C(=O)NC(CC)(c2ccccc2)C1=O)c1ccc(C)cc1C. The normalized spacial score (nSPS) is 18.3. The second-order valence-electron chi connectivity index (χ2n) is 7.53. The van der Waals surface area contributed by atoms with E-state index < -0.39 is 23.4 Å². The first-order valence-corrected chi connectivity index (χ1v) is 10.2. The lowest BCUT2D eigenvalue weighted by Gasteiger charge is -2.27. The van der Waals surface area contributed by atoms with Crippen LogP contribution in [0.2, 0.25) is 0 Å². The van der Waals surface area contributed by atoms with E-state index in [0.717, 1.165) is 21.8 Å². The maximum Gasteiger partial charge on any atom is 0.344 e. The lowest BCUT2D eigenvalue weighted by atomic mass is 9.87. The van der Waals surface area contributed by atoms with Crippen molar-refractivity contribution in [1.82, 2.24) is 15.8 Å². The van der Waals surface area contributed by atoms with Crippen LogP contribution in [0.5, 0.6) is 0 Å². The number of nitrogens with one attached hydrogen (secondary N) is 2. The predicted octanol–water partition coefficient (Wildman–Crippen LogP) is 3.02. The minimum absolute atomic E-state index is 0.0297. The van der Waals surface area contributed by atoms with Crippen LogP contribution < -0.4 is 15.6 Å². The molecule has 0 radical (unpaired) electrons. The molecule has 2 N–H and O–H groups in total. The molecule has 1 aliphatic heterocycles. The van der Waals surface area contributed by atoms with Crippen LogP contribution in [-0.4, -0.2) is 35.9 Å². The first-order chi connectivity index (χ1) is 14.3. The number of likely N-dealkylation sites (N-methyl/N-ethyl adjacent to an activating group) is 1. The van der Waals surface area contributed by atoms with Crippen LogP contribution in [0.15, 0.2) is 48.5 Å². The van der Waals surface area contributed by atoms with Gasteiger partial charge >= 0.3 is 6.03 Å². The molecule has 3 rings (SSSR count). The molecule has 1 unspecified atom stereocenters. The van der Waals surface area contributed by atoms with E-state index in [4.69, 9.17) is 0 Å². The third-order valence-electron chi connectivity index (χ3n) is 5.53. The van der Waals surface area contributed by atoms with Crippen molar-refractivity contribution in [2.45, 2.75) is 39.7 Å². The number of nitrogens with zero attached hydrogens (tertiary/aromatic N) is 2. The van der Waals surface area contributed by atoms with E-state index >= 15 is 0 Å². The molecule has 1 atom stereocenters. The number of imide groups is 1. The number of hydrogen-bond acceptors (Lipinski definition) is 4. The summed E-state index contributed by atoms with van der Waals surface area (Å²) in [5.41, 5.74) is 5.16. The molecule has 4 amide bonds. The fourth-order valence-corrected chi connectivity index (χ4v) is 3.90. The Morgan fingerprint density at radius 2 is 1.80 bits per heavy atom.